The number of likely N-dealkylation sites (tertiary alicyclic amines) is 1. The van der Waals surface area contributed by atoms with Crippen molar-refractivity contribution in [2.24, 2.45) is 0 Å². The van der Waals surface area contributed by atoms with E-state index in [9.17, 15) is 4.79 Å². The summed E-state index contributed by atoms with van der Waals surface area (Å²) >= 11 is 0. The van der Waals surface area contributed by atoms with Crippen LogP contribution in [0.4, 0.5) is 4.79 Å². The Labute approximate surface area is 325 Å². The van der Waals surface area contributed by atoms with Gasteiger partial charge in [-0.3, -0.25) is 0 Å². The van der Waals surface area contributed by atoms with Gasteiger partial charge in [0, 0.05) is 19.1 Å². The molecule has 1 heterocycles. The predicted molar refractivity (Wildman–Crippen MR) is 230 cm³/mol. The lowest BCUT2D eigenvalue weighted by atomic mass is 10.1. The van der Waals surface area contributed by atoms with E-state index in [0.29, 0.717) is 12.6 Å². The fraction of sp³-hybridized carbons (Fsp3) is 0.812. The van der Waals surface area contributed by atoms with Crippen LogP contribution in [0.15, 0.2) is 48.6 Å². The molecule has 1 rings (SSSR count). The van der Waals surface area contributed by atoms with Crippen molar-refractivity contribution in [1.29, 1.82) is 0 Å². The quantitative estimate of drug-likeness (QED) is 0.0472. The lowest BCUT2D eigenvalue weighted by Gasteiger charge is -2.24. The summed E-state index contributed by atoms with van der Waals surface area (Å²) in [5.41, 5.74) is 0. The first-order valence-electron chi connectivity index (χ1n) is 22.9. The third-order valence-corrected chi connectivity index (χ3v) is 10.9. The average molecular weight is 725 g/mol. The molecular formula is C48H88N2O2. The Kier molecular flexibility index (Phi) is 36.1. The van der Waals surface area contributed by atoms with Gasteiger partial charge in [0.05, 0.1) is 6.61 Å². The van der Waals surface area contributed by atoms with E-state index < -0.39 is 0 Å². The molecule has 1 amide bonds. The van der Waals surface area contributed by atoms with Gasteiger partial charge in [0.2, 0.25) is 0 Å². The van der Waals surface area contributed by atoms with Crippen LogP contribution in [0.2, 0.25) is 0 Å². The molecule has 302 valence electrons. The zero-order valence-corrected chi connectivity index (χ0v) is 35.2. The highest BCUT2D eigenvalue weighted by Gasteiger charge is 2.21. The van der Waals surface area contributed by atoms with Gasteiger partial charge in [-0.25, -0.2) is 4.79 Å². The van der Waals surface area contributed by atoms with Crippen molar-refractivity contribution in [3.8, 4) is 0 Å². The number of carbonyl (C=O) groups excluding carboxylic acids is 1. The van der Waals surface area contributed by atoms with Gasteiger partial charge in [0.25, 0.3) is 0 Å². The molecule has 1 aliphatic rings. The molecule has 0 bridgehead atoms. The van der Waals surface area contributed by atoms with Crippen LogP contribution in [0.3, 0.4) is 0 Å². The minimum atomic E-state index is -0.0743. The first-order chi connectivity index (χ1) is 25.7. The minimum Gasteiger partial charge on any atom is -0.449 e. The highest BCUT2D eigenvalue weighted by Crippen LogP contribution is 2.18. The smallest absolute Gasteiger partial charge is 0.409 e. The molecular weight excluding hydrogens is 637 g/mol. The number of amides is 1. The van der Waals surface area contributed by atoms with E-state index in [0.717, 1.165) is 45.2 Å². The second-order valence-electron chi connectivity index (χ2n) is 15.7. The SMILES string of the molecule is CCCCCC=CCC=CCCCCCCCCCCN(CCCCCCCCCCC=CCC=CCCCCC)C(=O)OCCC1CCCN1C. The Morgan fingerprint density at radius 3 is 1.33 bits per heavy atom. The molecule has 4 heteroatoms. The maximum absolute atomic E-state index is 13.1. The summed E-state index contributed by atoms with van der Waals surface area (Å²) in [5, 5.41) is 0. The number of carbonyl (C=O) groups is 1. The highest BCUT2D eigenvalue weighted by atomic mass is 16.6. The minimum absolute atomic E-state index is 0.0743. The van der Waals surface area contributed by atoms with Crippen molar-refractivity contribution < 1.29 is 9.53 Å². The first kappa shape index (κ1) is 48.2. The molecule has 0 saturated carbocycles. The maximum atomic E-state index is 13.1. The molecule has 52 heavy (non-hydrogen) atoms. The number of nitrogens with zero attached hydrogens (tertiary/aromatic N) is 2. The third kappa shape index (κ3) is 31.7. The molecule has 1 saturated heterocycles. The molecule has 1 aliphatic heterocycles. The zero-order chi connectivity index (χ0) is 37.4. The number of hydrogen-bond donors (Lipinski definition) is 0. The van der Waals surface area contributed by atoms with Crippen molar-refractivity contribution in [3.63, 3.8) is 0 Å². The van der Waals surface area contributed by atoms with Crippen molar-refractivity contribution in [2.75, 3.05) is 33.3 Å². The lowest BCUT2D eigenvalue weighted by Crippen LogP contribution is -2.34. The average Bonchev–Trinajstić information content (AvgIpc) is 3.56. The van der Waals surface area contributed by atoms with Gasteiger partial charge in [-0.15, -0.1) is 0 Å². The second-order valence-corrected chi connectivity index (χ2v) is 15.7. The molecule has 0 spiro atoms. The number of ether oxygens (including phenoxy) is 1. The summed E-state index contributed by atoms with van der Waals surface area (Å²) in [6.45, 7) is 7.97. The van der Waals surface area contributed by atoms with Crippen molar-refractivity contribution >= 4 is 6.09 Å². The number of hydrogen-bond acceptors (Lipinski definition) is 3. The van der Waals surface area contributed by atoms with Crippen LogP contribution in [-0.4, -0.2) is 55.2 Å². The van der Waals surface area contributed by atoms with Crippen molar-refractivity contribution in [1.82, 2.24) is 9.80 Å². The molecule has 0 aliphatic carbocycles. The maximum Gasteiger partial charge on any atom is 0.409 e. The number of unbranched alkanes of at least 4 members (excludes halogenated alkanes) is 22. The van der Waals surface area contributed by atoms with Gasteiger partial charge in [-0.2, -0.15) is 0 Å². The number of rotatable bonds is 37. The van der Waals surface area contributed by atoms with E-state index in [4.69, 9.17) is 4.74 Å². The molecule has 0 radical (unpaired) electrons. The Balaban J connectivity index is 2.13. The topological polar surface area (TPSA) is 32.8 Å². The van der Waals surface area contributed by atoms with E-state index in [1.165, 1.54) is 173 Å². The molecule has 1 atom stereocenters. The van der Waals surface area contributed by atoms with Crippen molar-refractivity contribution in [2.45, 2.75) is 219 Å². The van der Waals surface area contributed by atoms with Crippen LogP contribution < -0.4 is 0 Å². The van der Waals surface area contributed by atoms with Crippen molar-refractivity contribution in [3.05, 3.63) is 48.6 Å². The first-order valence-corrected chi connectivity index (χ1v) is 22.9. The van der Waals surface area contributed by atoms with E-state index in [-0.39, 0.29) is 6.09 Å². The Hall–Kier alpha value is -1.81. The summed E-state index contributed by atoms with van der Waals surface area (Å²) in [6.07, 6.45) is 57.9. The van der Waals surface area contributed by atoms with Crippen LogP contribution >= 0.6 is 0 Å². The molecule has 0 aromatic heterocycles. The van der Waals surface area contributed by atoms with Gasteiger partial charge < -0.3 is 14.5 Å². The largest absolute Gasteiger partial charge is 0.449 e. The lowest BCUT2D eigenvalue weighted by molar-refractivity contribution is 0.0930. The van der Waals surface area contributed by atoms with E-state index in [1.807, 2.05) is 4.90 Å². The van der Waals surface area contributed by atoms with Gasteiger partial charge in [0.15, 0.2) is 0 Å². The van der Waals surface area contributed by atoms with Gasteiger partial charge in [-0.1, -0.05) is 165 Å². The van der Waals surface area contributed by atoms with Gasteiger partial charge >= 0.3 is 6.09 Å². The zero-order valence-electron chi connectivity index (χ0n) is 35.2. The van der Waals surface area contributed by atoms with Crippen LogP contribution in [0, 0.1) is 0 Å². The normalized spacial score (nSPS) is 15.4. The van der Waals surface area contributed by atoms with Crippen LogP contribution in [0.25, 0.3) is 0 Å². The summed E-state index contributed by atoms with van der Waals surface area (Å²) in [6, 6.07) is 0.578. The fourth-order valence-corrected chi connectivity index (χ4v) is 7.30. The molecule has 0 N–H and O–H groups in total. The van der Waals surface area contributed by atoms with Crippen LogP contribution in [0.5, 0.6) is 0 Å². The van der Waals surface area contributed by atoms with E-state index >= 15 is 0 Å². The van der Waals surface area contributed by atoms with Crippen LogP contribution in [-0.2, 0) is 4.74 Å². The Morgan fingerprint density at radius 1 is 0.558 bits per heavy atom. The summed E-state index contributed by atoms with van der Waals surface area (Å²) in [5.74, 6) is 0. The standard InChI is InChI=1S/C48H88N2O2/c1-4-6-8-10-12-14-16-18-20-22-24-26-28-30-32-34-36-38-44-50(48(51)52-46-42-47-41-40-43-49(47)3)45-39-37-35-33-31-29-27-25-23-21-19-17-15-13-11-9-7-5-2/h12-15,18-21,47H,4-11,16-17,22-46H2,1-3H3. The molecule has 0 aromatic carbocycles. The van der Waals surface area contributed by atoms with E-state index in [1.54, 1.807) is 0 Å². The fourth-order valence-electron chi connectivity index (χ4n) is 7.30. The number of allylic oxidation sites excluding steroid dienone is 8. The van der Waals surface area contributed by atoms with Gasteiger partial charge in [0.1, 0.15) is 0 Å². The van der Waals surface area contributed by atoms with Crippen LogP contribution in [0.1, 0.15) is 213 Å². The van der Waals surface area contributed by atoms with Gasteiger partial charge in [-0.05, 0) is 110 Å². The second kappa shape index (κ2) is 38.9. The summed E-state index contributed by atoms with van der Waals surface area (Å²) in [7, 11) is 2.20. The Bertz CT molecular complexity index is 826. The Morgan fingerprint density at radius 2 is 0.942 bits per heavy atom. The predicted octanol–water partition coefficient (Wildman–Crippen LogP) is 15.1. The summed E-state index contributed by atoms with van der Waals surface area (Å²) < 4.78 is 5.83. The highest BCUT2D eigenvalue weighted by molar-refractivity contribution is 5.67. The molecule has 1 fully saturated rings. The third-order valence-electron chi connectivity index (χ3n) is 10.9. The summed E-state index contributed by atoms with van der Waals surface area (Å²) in [4.78, 5) is 17.6. The van der Waals surface area contributed by atoms with E-state index in [2.05, 4.69) is 74.4 Å². The molecule has 1 unspecified atom stereocenters. The molecule has 0 aromatic rings. The monoisotopic (exact) mass is 725 g/mol. The molecule has 4 nitrogen and oxygen atoms in total.